The third-order valence-electron chi connectivity index (χ3n) is 4.96. The zero-order chi connectivity index (χ0) is 18.8. The second-order valence-electron chi connectivity index (χ2n) is 6.73. The van der Waals surface area contributed by atoms with Crippen molar-refractivity contribution in [1.82, 2.24) is 9.97 Å². The van der Waals surface area contributed by atoms with Gasteiger partial charge in [0.1, 0.15) is 6.33 Å². The van der Waals surface area contributed by atoms with Gasteiger partial charge in [-0.3, -0.25) is 10.1 Å². The van der Waals surface area contributed by atoms with Crippen LogP contribution in [0.15, 0.2) is 24.5 Å². The molecule has 9 heteroatoms. The number of nitrogens with one attached hydrogen (secondary N) is 1. The lowest BCUT2D eigenvalue weighted by Gasteiger charge is -2.33. The Morgan fingerprint density at radius 1 is 1.30 bits per heavy atom. The summed E-state index contributed by atoms with van der Waals surface area (Å²) in [5.41, 5.74) is 0.840. The van der Waals surface area contributed by atoms with E-state index in [-0.39, 0.29) is 24.3 Å². The molecule has 2 aliphatic heterocycles. The van der Waals surface area contributed by atoms with Crippen molar-refractivity contribution in [2.45, 2.75) is 38.8 Å². The maximum Gasteiger partial charge on any atom is 0.353 e. The molecule has 0 radical (unpaired) electrons. The molecule has 27 heavy (non-hydrogen) atoms. The van der Waals surface area contributed by atoms with Gasteiger partial charge in [0.2, 0.25) is 18.4 Å². The van der Waals surface area contributed by atoms with Crippen LogP contribution in [0.5, 0.6) is 11.5 Å². The van der Waals surface area contributed by atoms with Gasteiger partial charge in [-0.1, -0.05) is 6.07 Å². The molecule has 0 amide bonds. The summed E-state index contributed by atoms with van der Waals surface area (Å²) in [5, 5.41) is 14.9. The maximum atomic E-state index is 11.8. The lowest BCUT2D eigenvalue weighted by Crippen LogP contribution is -2.38. The Labute approximate surface area is 156 Å². The Kier molecular flexibility index (Phi) is 4.66. The van der Waals surface area contributed by atoms with Crippen LogP contribution < -0.4 is 19.7 Å². The smallest absolute Gasteiger partial charge is 0.353 e. The summed E-state index contributed by atoms with van der Waals surface area (Å²) in [6.45, 7) is 3.43. The molecular formula is C18H21N5O4. The van der Waals surface area contributed by atoms with Gasteiger partial charge in [0, 0.05) is 19.1 Å². The fraction of sp³-hybridized carbons (Fsp3) is 0.444. The summed E-state index contributed by atoms with van der Waals surface area (Å²) >= 11 is 0. The number of piperidine rings is 1. The van der Waals surface area contributed by atoms with Gasteiger partial charge < -0.3 is 19.7 Å². The SMILES string of the molecule is CC1CCCCN1c1ncnc(NCc2ccc3c(c2)OCO3)c1[N+](=O)[O-]. The highest BCUT2D eigenvalue weighted by atomic mass is 16.7. The molecular weight excluding hydrogens is 350 g/mol. The number of rotatable bonds is 5. The van der Waals surface area contributed by atoms with E-state index in [4.69, 9.17) is 9.47 Å². The molecule has 0 bridgehead atoms. The Morgan fingerprint density at radius 3 is 2.96 bits per heavy atom. The third-order valence-corrected chi connectivity index (χ3v) is 4.96. The minimum atomic E-state index is -0.404. The first kappa shape index (κ1) is 17.3. The second kappa shape index (κ2) is 7.26. The Hall–Kier alpha value is -3.10. The second-order valence-corrected chi connectivity index (χ2v) is 6.73. The standard InChI is InChI=1S/C18H21N5O4/c1-12-4-2-3-7-22(12)18-16(23(24)25)17(20-10-21-18)19-9-13-5-6-14-15(8-13)27-11-26-14/h5-6,8,10,12H,2-4,7,9,11H2,1H3,(H,19,20,21). The summed E-state index contributed by atoms with van der Waals surface area (Å²) in [5.74, 6) is 1.98. The van der Waals surface area contributed by atoms with Crippen LogP contribution in [0.3, 0.4) is 0 Å². The number of hydrogen-bond acceptors (Lipinski definition) is 8. The van der Waals surface area contributed by atoms with Gasteiger partial charge in [0.25, 0.3) is 0 Å². The van der Waals surface area contributed by atoms with Crippen LogP contribution in [-0.4, -0.2) is 34.3 Å². The average Bonchev–Trinajstić information content (AvgIpc) is 3.14. The molecule has 3 heterocycles. The number of anilines is 2. The molecule has 0 spiro atoms. The molecule has 0 saturated carbocycles. The Bertz CT molecular complexity index is 860. The Morgan fingerprint density at radius 2 is 2.15 bits per heavy atom. The van der Waals surface area contributed by atoms with E-state index >= 15 is 0 Å². The average molecular weight is 371 g/mol. The molecule has 1 N–H and O–H groups in total. The van der Waals surface area contributed by atoms with Gasteiger partial charge in [0.15, 0.2) is 11.5 Å². The topological polar surface area (TPSA) is 103 Å². The van der Waals surface area contributed by atoms with Crippen molar-refractivity contribution in [2.24, 2.45) is 0 Å². The van der Waals surface area contributed by atoms with E-state index in [2.05, 4.69) is 22.2 Å². The largest absolute Gasteiger partial charge is 0.454 e. The fourth-order valence-corrected chi connectivity index (χ4v) is 3.53. The van der Waals surface area contributed by atoms with Crippen LogP contribution in [0.4, 0.5) is 17.3 Å². The molecule has 2 aromatic rings. The summed E-state index contributed by atoms with van der Waals surface area (Å²) in [6.07, 6.45) is 4.52. The first-order valence-corrected chi connectivity index (χ1v) is 9.02. The van der Waals surface area contributed by atoms with Gasteiger partial charge in [-0.15, -0.1) is 0 Å². The third kappa shape index (κ3) is 3.44. The van der Waals surface area contributed by atoms with Crippen molar-refractivity contribution in [3.8, 4) is 11.5 Å². The van der Waals surface area contributed by atoms with Crippen LogP contribution in [0.2, 0.25) is 0 Å². The van der Waals surface area contributed by atoms with E-state index in [1.807, 2.05) is 23.1 Å². The predicted octanol–water partition coefficient (Wildman–Crippen LogP) is 3.10. The van der Waals surface area contributed by atoms with Gasteiger partial charge >= 0.3 is 5.69 Å². The van der Waals surface area contributed by atoms with E-state index in [0.717, 1.165) is 31.4 Å². The lowest BCUT2D eigenvalue weighted by molar-refractivity contribution is -0.383. The van der Waals surface area contributed by atoms with Crippen LogP contribution in [0.1, 0.15) is 31.7 Å². The molecule has 4 rings (SSSR count). The van der Waals surface area contributed by atoms with Crippen LogP contribution in [0, 0.1) is 10.1 Å². The zero-order valence-corrected chi connectivity index (χ0v) is 15.1. The van der Waals surface area contributed by atoms with Crippen molar-refractivity contribution < 1.29 is 14.4 Å². The van der Waals surface area contributed by atoms with E-state index in [9.17, 15) is 10.1 Å². The number of hydrogen-bond donors (Lipinski definition) is 1. The highest BCUT2D eigenvalue weighted by molar-refractivity contribution is 5.70. The highest BCUT2D eigenvalue weighted by Gasteiger charge is 2.30. The monoisotopic (exact) mass is 371 g/mol. The Balaban J connectivity index is 1.58. The first-order valence-electron chi connectivity index (χ1n) is 9.02. The van der Waals surface area contributed by atoms with Crippen molar-refractivity contribution >= 4 is 17.3 Å². The molecule has 1 fully saturated rings. The van der Waals surface area contributed by atoms with E-state index in [0.29, 0.717) is 23.9 Å². The molecule has 1 atom stereocenters. The first-order chi connectivity index (χ1) is 13.1. The number of fused-ring (bicyclic) bond motifs is 1. The van der Waals surface area contributed by atoms with Gasteiger partial charge in [-0.25, -0.2) is 9.97 Å². The minimum Gasteiger partial charge on any atom is -0.454 e. The summed E-state index contributed by atoms with van der Waals surface area (Å²) in [6, 6.07) is 5.79. The van der Waals surface area contributed by atoms with Gasteiger partial charge in [-0.2, -0.15) is 0 Å². The fourth-order valence-electron chi connectivity index (χ4n) is 3.53. The molecule has 1 aromatic carbocycles. The normalized spacial score (nSPS) is 18.4. The van der Waals surface area contributed by atoms with Crippen molar-refractivity contribution in [3.63, 3.8) is 0 Å². The van der Waals surface area contributed by atoms with Crippen molar-refractivity contribution in [3.05, 3.63) is 40.2 Å². The molecule has 1 saturated heterocycles. The quantitative estimate of drug-likeness (QED) is 0.632. The van der Waals surface area contributed by atoms with Crippen LogP contribution >= 0.6 is 0 Å². The number of ether oxygens (including phenoxy) is 2. The number of nitrogens with zero attached hydrogens (tertiary/aromatic N) is 4. The van der Waals surface area contributed by atoms with Gasteiger partial charge in [0.05, 0.1) is 4.92 Å². The lowest BCUT2D eigenvalue weighted by atomic mass is 10.0. The number of benzene rings is 1. The van der Waals surface area contributed by atoms with Crippen molar-refractivity contribution in [1.29, 1.82) is 0 Å². The summed E-state index contributed by atoms with van der Waals surface area (Å²) in [4.78, 5) is 21.7. The molecule has 1 unspecified atom stereocenters. The number of nitro groups is 1. The van der Waals surface area contributed by atoms with Crippen LogP contribution in [0.25, 0.3) is 0 Å². The van der Waals surface area contributed by atoms with Crippen LogP contribution in [-0.2, 0) is 6.54 Å². The molecule has 9 nitrogen and oxygen atoms in total. The molecule has 2 aliphatic rings. The molecule has 1 aromatic heterocycles. The maximum absolute atomic E-state index is 11.8. The summed E-state index contributed by atoms with van der Waals surface area (Å²) < 4.78 is 10.7. The highest BCUT2D eigenvalue weighted by Crippen LogP contribution is 2.36. The minimum absolute atomic E-state index is 0.0769. The van der Waals surface area contributed by atoms with E-state index in [1.54, 1.807) is 0 Å². The predicted molar refractivity (Wildman–Crippen MR) is 99.2 cm³/mol. The van der Waals surface area contributed by atoms with E-state index in [1.165, 1.54) is 6.33 Å². The van der Waals surface area contributed by atoms with E-state index < -0.39 is 4.92 Å². The van der Waals surface area contributed by atoms with Gasteiger partial charge in [-0.05, 0) is 43.9 Å². The summed E-state index contributed by atoms with van der Waals surface area (Å²) in [7, 11) is 0. The zero-order valence-electron chi connectivity index (χ0n) is 15.1. The number of aromatic nitrogens is 2. The molecule has 0 aliphatic carbocycles. The van der Waals surface area contributed by atoms with Crippen molar-refractivity contribution in [2.75, 3.05) is 23.6 Å². The molecule has 142 valence electrons.